The van der Waals surface area contributed by atoms with Crippen LogP contribution in [0.25, 0.3) is 0 Å². The zero-order valence-electron chi connectivity index (χ0n) is 16.4. The number of aliphatic hydroxyl groups excluding tert-OH is 1. The van der Waals surface area contributed by atoms with E-state index in [1.807, 2.05) is 20.8 Å². The minimum Gasteiger partial charge on any atom is -0.396 e. The standard InChI is InChI=1S/C18H37N3O2S.HI/c1-5-19-16(20-12-14-24(23)17(2,3)4)21-15-18(11-13-22)9-7-6-8-10-18;/h22H,5-15H2,1-4H3,(H2,19,20,21);1H. The predicted molar refractivity (Wildman–Crippen MR) is 119 cm³/mol. The first kappa shape index (κ1) is 25.1. The van der Waals surface area contributed by atoms with Crippen LogP contribution in [0, 0.1) is 5.41 Å². The van der Waals surface area contributed by atoms with Crippen molar-refractivity contribution in [2.75, 3.05) is 32.0 Å². The molecule has 1 rings (SSSR count). The highest BCUT2D eigenvalue weighted by Crippen LogP contribution is 2.39. The van der Waals surface area contributed by atoms with Crippen LogP contribution in [0.4, 0.5) is 0 Å². The molecule has 0 radical (unpaired) electrons. The lowest BCUT2D eigenvalue weighted by atomic mass is 9.72. The Labute approximate surface area is 173 Å². The Morgan fingerprint density at radius 3 is 2.36 bits per heavy atom. The molecule has 0 spiro atoms. The van der Waals surface area contributed by atoms with Gasteiger partial charge in [0, 0.05) is 47.5 Å². The first-order valence-electron chi connectivity index (χ1n) is 9.34. The minimum absolute atomic E-state index is 0. The fourth-order valence-electron chi connectivity index (χ4n) is 3.18. The number of hydrogen-bond acceptors (Lipinski definition) is 3. The van der Waals surface area contributed by atoms with E-state index in [0.717, 1.165) is 38.3 Å². The zero-order chi connectivity index (χ0) is 18.1. The predicted octanol–water partition coefficient (Wildman–Crippen LogP) is 3.04. The topological polar surface area (TPSA) is 73.7 Å². The fraction of sp³-hybridized carbons (Fsp3) is 0.944. The van der Waals surface area contributed by atoms with E-state index in [0.29, 0.717) is 12.3 Å². The van der Waals surface area contributed by atoms with Crippen molar-refractivity contribution in [2.45, 2.75) is 71.0 Å². The molecule has 0 saturated heterocycles. The fourth-order valence-corrected chi connectivity index (χ4v) is 4.08. The summed E-state index contributed by atoms with van der Waals surface area (Å²) in [6.45, 7) is 10.5. The van der Waals surface area contributed by atoms with E-state index in [2.05, 4.69) is 17.6 Å². The average Bonchev–Trinajstić information content (AvgIpc) is 2.53. The van der Waals surface area contributed by atoms with Gasteiger partial charge in [-0.3, -0.25) is 9.20 Å². The molecule has 1 aliphatic rings. The van der Waals surface area contributed by atoms with Gasteiger partial charge >= 0.3 is 0 Å². The molecule has 1 aliphatic carbocycles. The molecule has 1 saturated carbocycles. The third-order valence-electron chi connectivity index (χ3n) is 4.74. The zero-order valence-corrected chi connectivity index (χ0v) is 19.5. The van der Waals surface area contributed by atoms with Gasteiger partial charge in [0.25, 0.3) is 0 Å². The SMILES string of the molecule is CCNC(=NCC1(CCO)CCCCC1)NCCS(=O)C(C)(C)C.I. The summed E-state index contributed by atoms with van der Waals surface area (Å²) in [6, 6.07) is 0. The van der Waals surface area contributed by atoms with E-state index >= 15 is 0 Å². The number of aliphatic hydroxyl groups is 1. The van der Waals surface area contributed by atoms with Crippen LogP contribution in [0.1, 0.15) is 66.2 Å². The third-order valence-corrected chi connectivity index (χ3v) is 6.68. The van der Waals surface area contributed by atoms with Crippen LogP contribution in [0.3, 0.4) is 0 Å². The lowest BCUT2D eigenvalue weighted by Crippen LogP contribution is -2.41. The molecule has 150 valence electrons. The highest BCUT2D eigenvalue weighted by molar-refractivity contribution is 14.0. The maximum absolute atomic E-state index is 12.1. The van der Waals surface area contributed by atoms with Gasteiger partial charge in [-0.05, 0) is 52.4 Å². The van der Waals surface area contributed by atoms with Crippen LogP contribution < -0.4 is 10.6 Å². The molecule has 3 N–H and O–H groups in total. The smallest absolute Gasteiger partial charge is 0.191 e. The molecule has 0 amide bonds. The molecule has 7 heteroatoms. The van der Waals surface area contributed by atoms with Gasteiger partial charge in [0.15, 0.2) is 5.96 Å². The van der Waals surface area contributed by atoms with E-state index < -0.39 is 10.8 Å². The van der Waals surface area contributed by atoms with Crippen molar-refractivity contribution in [3.8, 4) is 0 Å². The quantitative estimate of drug-likeness (QED) is 0.280. The Morgan fingerprint density at radius 2 is 1.84 bits per heavy atom. The summed E-state index contributed by atoms with van der Waals surface area (Å²) in [6.07, 6.45) is 6.93. The van der Waals surface area contributed by atoms with Crippen molar-refractivity contribution in [1.29, 1.82) is 0 Å². The Morgan fingerprint density at radius 1 is 1.20 bits per heavy atom. The Bertz CT molecular complexity index is 414. The molecule has 0 aromatic rings. The van der Waals surface area contributed by atoms with E-state index in [9.17, 15) is 9.32 Å². The summed E-state index contributed by atoms with van der Waals surface area (Å²) < 4.78 is 12.0. The van der Waals surface area contributed by atoms with Crippen molar-refractivity contribution in [3.05, 3.63) is 0 Å². The van der Waals surface area contributed by atoms with Crippen LogP contribution >= 0.6 is 24.0 Å². The van der Waals surface area contributed by atoms with Gasteiger partial charge in [-0.1, -0.05) is 19.3 Å². The van der Waals surface area contributed by atoms with E-state index in [4.69, 9.17) is 4.99 Å². The normalized spacial score (nSPS) is 19.0. The van der Waals surface area contributed by atoms with Crippen molar-refractivity contribution in [1.82, 2.24) is 10.6 Å². The van der Waals surface area contributed by atoms with E-state index in [1.54, 1.807) is 0 Å². The van der Waals surface area contributed by atoms with Gasteiger partial charge in [0.2, 0.25) is 0 Å². The van der Waals surface area contributed by atoms with Crippen LogP contribution in [0.15, 0.2) is 4.99 Å². The number of aliphatic imine (C=N–C) groups is 1. The molecular weight excluding hydrogens is 449 g/mol. The number of nitrogens with one attached hydrogen (secondary N) is 2. The maximum atomic E-state index is 12.1. The molecule has 0 aliphatic heterocycles. The monoisotopic (exact) mass is 487 g/mol. The van der Waals surface area contributed by atoms with Gasteiger partial charge in [-0.2, -0.15) is 0 Å². The van der Waals surface area contributed by atoms with Crippen molar-refractivity contribution >= 4 is 40.7 Å². The lowest BCUT2D eigenvalue weighted by Gasteiger charge is -2.35. The number of rotatable bonds is 8. The van der Waals surface area contributed by atoms with Gasteiger partial charge in [-0.15, -0.1) is 24.0 Å². The molecule has 25 heavy (non-hydrogen) atoms. The summed E-state index contributed by atoms with van der Waals surface area (Å²) >= 11 is 0. The summed E-state index contributed by atoms with van der Waals surface area (Å²) in [5, 5.41) is 16.0. The van der Waals surface area contributed by atoms with Gasteiger partial charge in [0.1, 0.15) is 0 Å². The number of halogens is 1. The van der Waals surface area contributed by atoms with Gasteiger partial charge in [-0.25, -0.2) is 0 Å². The summed E-state index contributed by atoms with van der Waals surface area (Å²) in [4.78, 5) is 4.77. The second-order valence-electron chi connectivity index (χ2n) is 7.82. The third kappa shape index (κ3) is 9.56. The Balaban J connectivity index is 0.00000576. The molecule has 5 nitrogen and oxygen atoms in total. The molecule has 0 aromatic heterocycles. The second-order valence-corrected chi connectivity index (χ2v) is 10.1. The molecular formula is C18H38IN3O2S. The minimum atomic E-state index is -0.856. The van der Waals surface area contributed by atoms with Crippen molar-refractivity contribution < 1.29 is 9.32 Å². The van der Waals surface area contributed by atoms with Crippen LogP contribution in [-0.2, 0) is 10.8 Å². The van der Waals surface area contributed by atoms with Crippen molar-refractivity contribution in [3.63, 3.8) is 0 Å². The van der Waals surface area contributed by atoms with Crippen molar-refractivity contribution in [2.24, 2.45) is 10.4 Å². The number of hydrogen-bond donors (Lipinski definition) is 3. The molecule has 1 atom stereocenters. The average molecular weight is 487 g/mol. The molecule has 1 fully saturated rings. The number of guanidine groups is 1. The van der Waals surface area contributed by atoms with Gasteiger partial charge < -0.3 is 15.7 Å². The first-order valence-corrected chi connectivity index (χ1v) is 10.7. The molecule has 0 aromatic carbocycles. The lowest BCUT2D eigenvalue weighted by molar-refractivity contribution is 0.137. The Kier molecular flexibility index (Phi) is 12.5. The van der Waals surface area contributed by atoms with E-state index in [1.165, 1.54) is 19.3 Å². The summed E-state index contributed by atoms with van der Waals surface area (Å²) in [5.41, 5.74) is 0.156. The molecule has 0 heterocycles. The largest absolute Gasteiger partial charge is 0.396 e. The van der Waals surface area contributed by atoms with Crippen LogP contribution in [-0.4, -0.2) is 52.0 Å². The molecule has 0 bridgehead atoms. The maximum Gasteiger partial charge on any atom is 0.191 e. The highest BCUT2D eigenvalue weighted by Gasteiger charge is 2.31. The summed E-state index contributed by atoms with van der Waals surface area (Å²) in [5.74, 6) is 1.42. The van der Waals surface area contributed by atoms with Gasteiger partial charge in [0.05, 0.1) is 0 Å². The first-order chi connectivity index (χ1) is 11.3. The Hall–Kier alpha value is 0.110. The van der Waals surface area contributed by atoms with Crippen LogP contribution in [0.5, 0.6) is 0 Å². The number of nitrogens with zero attached hydrogens (tertiary/aromatic N) is 1. The summed E-state index contributed by atoms with van der Waals surface area (Å²) in [7, 11) is -0.856. The second kappa shape index (κ2) is 12.5. The molecule has 1 unspecified atom stereocenters. The van der Waals surface area contributed by atoms with Crippen LogP contribution in [0.2, 0.25) is 0 Å². The highest BCUT2D eigenvalue weighted by atomic mass is 127. The van der Waals surface area contributed by atoms with E-state index in [-0.39, 0.29) is 40.7 Å².